The van der Waals surface area contributed by atoms with Crippen molar-refractivity contribution in [3.63, 3.8) is 0 Å². The number of para-hydroxylation sites is 1. The molecule has 1 N–H and O–H groups in total. The van der Waals surface area contributed by atoms with Crippen molar-refractivity contribution in [3.05, 3.63) is 42.7 Å². The maximum absolute atomic E-state index is 11.4. The van der Waals surface area contributed by atoms with E-state index in [-0.39, 0.29) is 0 Å². The van der Waals surface area contributed by atoms with Crippen molar-refractivity contribution in [2.24, 2.45) is 0 Å². The number of benzene rings is 1. The van der Waals surface area contributed by atoms with Crippen molar-refractivity contribution >= 4 is 22.4 Å². The Morgan fingerprint density at radius 1 is 1.33 bits per heavy atom. The zero-order valence-electron chi connectivity index (χ0n) is 10.4. The summed E-state index contributed by atoms with van der Waals surface area (Å²) >= 11 is 0. The minimum atomic E-state index is -0.743. The molecule has 2 rings (SSSR count). The molecule has 0 amide bonds. The molecule has 1 heterocycles. The minimum absolute atomic E-state index is 0.663. The first-order valence-corrected chi connectivity index (χ1v) is 7.46. The van der Waals surface area contributed by atoms with E-state index in [1.165, 1.54) is 0 Å². The summed E-state index contributed by atoms with van der Waals surface area (Å²) in [6.07, 6.45) is 3.65. The number of hydrogen-bond acceptors (Lipinski definition) is 3. The van der Waals surface area contributed by atoms with Crippen molar-refractivity contribution in [2.75, 3.05) is 16.8 Å². The Bertz CT molecular complexity index is 510. The van der Waals surface area contributed by atoms with E-state index in [1.807, 2.05) is 48.0 Å². The Balaban J connectivity index is 2.02. The van der Waals surface area contributed by atoms with Gasteiger partial charge in [-0.15, -0.1) is 0 Å². The zero-order valence-corrected chi connectivity index (χ0v) is 11.2. The Morgan fingerprint density at radius 3 is 2.83 bits per heavy atom. The van der Waals surface area contributed by atoms with E-state index < -0.39 is 10.8 Å². The standard InChI is InChI=1S/C13H17N3OS/c1-2-18(17)11-10-16-9-8-14-13(16)15-12-6-4-3-5-7-12/h3-9H,2,10-11H2,1H3,(H,14,15). The summed E-state index contributed by atoms with van der Waals surface area (Å²) in [4.78, 5) is 4.27. The van der Waals surface area contributed by atoms with Crippen LogP contribution in [0.15, 0.2) is 42.7 Å². The molecule has 0 saturated heterocycles. The summed E-state index contributed by atoms with van der Waals surface area (Å²) in [7, 11) is -0.743. The first kappa shape index (κ1) is 12.8. The van der Waals surface area contributed by atoms with Gasteiger partial charge in [0.1, 0.15) is 0 Å². The van der Waals surface area contributed by atoms with Crippen LogP contribution in [0.2, 0.25) is 0 Å². The molecule has 0 aliphatic carbocycles. The molecule has 0 spiro atoms. The van der Waals surface area contributed by atoms with Gasteiger partial charge < -0.3 is 9.88 Å². The first-order chi connectivity index (χ1) is 8.79. The van der Waals surface area contributed by atoms with Gasteiger partial charge in [-0.25, -0.2) is 4.98 Å². The van der Waals surface area contributed by atoms with Crippen molar-refractivity contribution in [1.82, 2.24) is 9.55 Å². The summed E-state index contributed by atoms with van der Waals surface area (Å²) in [5.41, 5.74) is 1.00. The van der Waals surface area contributed by atoms with Crippen LogP contribution in [0.3, 0.4) is 0 Å². The summed E-state index contributed by atoms with van der Waals surface area (Å²) in [5, 5.41) is 3.25. The molecule has 0 fully saturated rings. The molecule has 96 valence electrons. The summed E-state index contributed by atoms with van der Waals surface area (Å²) in [6.45, 7) is 2.66. The van der Waals surface area contributed by atoms with E-state index in [4.69, 9.17) is 0 Å². The second kappa shape index (κ2) is 6.35. The number of aromatic nitrogens is 2. The van der Waals surface area contributed by atoms with E-state index in [9.17, 15) is 4.21 Å². The van der Waals surface area contributed by atoms with Crippen LogP contribution in [0.5, 0.6) is 0 Å². The van der Waals surface area contributed by atoms with E-state index in [0.29, 0.717) is 11.5 Å². The van der Waals surface area contributed by atoms with E-state index in [1.54, 1.807) is 6.20 Å². The van der Waals surface area contributed by atoms with Crippen LogP contribution in [0.25, 0.3) is 0 Å². The maximum Gasteiger partial charge on any atom is 0.207 e. The highest BCUT2D eigenvalue weighted by Crippen LogP contribution is 2.13. The second-order valence-corrected chi connectivity index (χ2v) is 5.73. The fourth-order valence-corrected chi connectivity index (χ4v) is 2.30. The van der Waals surface area contributed by atoms with Crippen LogP contribution in [-0.4, -0.2) is 25.3 Å². The fraction of sp³-hybridized carbons (Fsp3) is 0.308. The van der Waals surface area contributed by atoms with Crippen LogP contribution in [0, 0.1) is 0 Å². The molecular weight excluding hydrogens is 246 g/mol. The molecule has 4 nitrogen and oxygen atoms in total. The predicted octanol–water partition coefficient (Wildman–Crippen LogP) is 2.40. The average Bonchev–Trinajstić information content (AvgIpc) is 2.84. The number of hydrogen-bond donors (Lipinski definition) is 1. The van der Waals surface area contributed by atoms with E-state index in [2.05, 4.69) is 10.3 Å². The molecule has 0 aliphatic rings. The first-order valence-electron chi connectivity index (χ1n) is 5.97. The van der Waals surface area contributed by atoms with Gasteiger partial charge in [0.05, 0.1) is 0 Å². The minimum Gasteiger partial charge on any atom is -0.326 e. The molecule has 0 bridgehead atoms. The smallest absolute Gasteiger partial charge is 0.207 e. The van der Waals surface area contributed by atoms with Crippen molar-refractivity contribution in [2.45, 2.75) is 13.5 Å². The van der Waals surface area contributed by atoms with Crippen molar-refractivity contribution in [3.8, 4) is 0 Å². The zero-order chi connectivity index (χ0) is 12.8. The highest BCUT2D eigenvalue weighted by molar-refractivity contribution is 7.84. The fourth-order valence-electron chi connectivity index (χ4n) is 1.61. The lowest BCUT2D eigenvalue weighted by Crippen LogP contribution is -2.10. The van der Waals surface area contributed by atoms with Gasteiger partial charge in [-0.05, 0) is 12.1 Å². The highest BCUT2D eigenvalue weighted by Gasteiger charge is 2.04. The second-order valence-electron chi connectivity index (χ2n) is 3.87. The third kappa shape index (κ3) is 3.43. The van der Waals surface area contributed by atoms with Gasteiger partial charge in [0.15, 0.2) is 0 Å². The molecule has 0 saturated carbocycles. The van der Waals surface area contributed by atoms with Crippen molar-refractivity contribution < 1.29 is 4.21 Å². The summed E-state index contributed by atoms with van der Waals surface area (Å²) < 4.78 is 13.4. The molecule has 1 aromatic heterocycles. The lowest BCUT2D eigenvalue weighted by Gasteiger charge is -2.09. The highest BCUT2D eigenvalue weighted by atomic mass is 32.2. The van der Waals surface area contributed by atoms with Gasteiger partial charge >= 0.3 is 0 Å². The molecule has 5 heteroatoms. The normalized spacial score (nSPS) is 12.3. The summed E-state index contributed by atoms with van der Waals surface area (Å²) in [6, 6.07) is 9.90. The summed E-state index contributed by atoms with van der Waals surface area (Å²) in [5.74, 6) is 2.15. The van der Waals surface area contributed by atoms with Gasteiger partial charge in [-0.3, -0.25) is 4.21 Å². The predicted molar refractivity (Wildman–Crippen MR) is 75.5 cm³/mol. The van der Waals surface area contributed by atoms with Crippen LogP contribution < -0.4 is 5.32 Å². The Hall–Kier alpha value is -1.62. The molecule has 1 unspecified atom stereocenters. The number of nitrogens with zero attached hydrogens (tertiary/aromatic N) is 2. The molecular formula is C13H17N3OS. The number of rotatable bonds is 6. The Kier molecular flexibility index (Phi) is 4.52. The van der Waals surface area contributed by atoms with Crippen molar-refractivity contribution in [1.29, 1.82) is 0 Å². The number of aryl methyl sites for hydroxylation is 1. The third-order valence-electron chi connectivity index (χ3n) is 2.63. The van der Waals surface area contributed by atoms with Crippen LogP contribution in [-0.2, 0) is 17.3 Å². The quantitative estimate of drug-likeness (QED) is 0.870. The largest absolute Gasteiger partial charge is 0.326 e. The lowest BCUT2D eigenvalue weighted by atomic mass is 10.3. The topological polar surface area (TPSA) is 46.9 Å². The Labute approximate surface area is 110 Å². The molecule has 0 radical (unpaired) electrons. The average molecular weight is 263 g/mol. The molecule has 1 aromatic carbocycles. The lowest BCUT2D eigenvalue weighted by molar-refractivity contribution is 0.675. The van der Waals surface area contributed by atoms with E-state index in [0.717, 1.165) is 18.2 Å². The third-order valence-corrected chi connectivity index (χ3v) is 3.91. The van der Waals surface area contributed by atoms with Gasteiger partial charge in [-0.2, -0.15) is 0 Å². The molecule has 1 atom stereocenters. The van der Waals surface area contributed by atoms with Crippen LogP contribution in [0.1, 0.15) is 6.92 Å². The maximum atomic E-state index is 11.4. The number of imidazole rings is 1. The van der Waals surface area contributed by atoms with E-state index >= 15 is 0 Å². The monoisotopic (exact) mass is 263 g/mol. The van der Waals surface area contributed by atoms with Gasteiger partial charge in [-0.1, -0.05) is 25.1 Å². The molecule has 0 aliphatic heterocycles. The number of anilines is 2. The van der Waals surface area contributed by atoms with Crippen LogP contribution in [0.4, 0.5) is 11.6 Å². The molecule has 18 heavy (non-hydrogen) atoms. The Morgan fingerprint density at radius 2 is 2.11 bits per heavy atom. The SMILES string of the molecule is CCS(=O)CCn1ccnc1Nc1ccccc1. The van der Waals surface area contributed by atoms with Gasteiger partial charge in [0, 0.05) is 46.9 Å². The van der Waals surface area contributed by atoms with Gasteiger partial charge in [0.2, 0.25) is 5.95 Å². The van der Waals surface area contributed by atoms with Gasteiger partial charge in [0.25, 0.3) is 0 Å². The van der Waals surface area contributed by atoms with Crippen LogP contribution >= 0.6 is 0 Å². The number of nitrogens with one attached hydrogen (secondary N) is 1. The molecule has 2 aromatic rings.